The van der Waals surface area contributed by atoms with E-state index < -0.39 is 36.1 Å². The molecule has 0 aliphatic rings. The fourth-order valence-corrected chi connectivity index (χ4v) is 0.839. The molecular formula is C8H12F3NO4. The van der Waals surface area contributed by atoms with Crippen LogP contribution in [0.5, 0.6) is 0 Å². The van der Waals surface area contributed by atoms with Gasteiger partial charge in [-0.1, -0.05) is 13.8 Å². The fraction of sp³-hybridized carbons (Fsp3) is 0.750. The van der Waals surface area contributed by atoms with Crippen LogP contribution in [0.3, 0.4) is 0 Å². The number of carbonyl (C=O) groups is 2. The summed E-state index contributed by atoms with van der Waals surface area (Å²) in [6.45, 7) is 1.85. The highest BCUT2D eigenvalue weighted by Gasteiger charge is 2.41. The number of aliphatic hydroxyl groups excluding tert-OH is 1. The van der Waals surface area contributed by atoms with Crippen molar-refractivity contribution in [1.82, 2.24) is 5.32 Å². The Kier molecular flexibility index (Phi) is 4.30. The topological polar surface area (TPSA) is 86.6 Å². The summed E-state index contributed by atoms with van der Waals surface area (Å²) >= 11 is 0. The van der Waals surface area contributed by atoms with E-state index in [1.807, 2.05) is 0 Å². The molecule has 0 radical (unpaired) electrons. The number of hydrogen-bond acceptors (Lipinski definition) is 3. The highest BCUT2D eigenvalue weighted by Crippen LogP contribution is 2.21. The third kappa shape index (κ3) is 4.05. The van der Waals surface area contributed by atoms with Crippen molar-refractivity contribution in [3.05, 3.63) is 0 Å². The van der Waals surface area contributed by atoms with Gasteiger partial charge in [-0.3, -0.25) is 4.79 Å². The number of carboxylic acids is 1. The van der Waals surface area contributed by atoms with Crippen LogP contribution in [0.25, 0.3) is 0 Å². The Bertz CT molecular complexity index is 287. The maximum atomic E-state index is 11.8. The van der Waals surface area contributed by atoms with Gasteiger partial charge in [0.2, 0.25) is 0 Å². The molecule has 0 spiro atoms. The Morgan fingerprint density at radius 3 is 2.06 bits per heavy atom. The summed E-state index contributed by atoms with van der Waals surface area (Å²) < 4.78 is 35.4. The second-order valence-electron chi connectivity index (χ2n) is 3.91. The number of aliphatic hydroxyl groups is 1. The van der Waals surface area contributed by atoms with Crippen molar-refractivity contribution in [2.45, 2.75) is 26.1 Å². The number of aliphatic carboxylic acids is 1. The second-order valence-corrected chi connectivity index (χ2v) is 3.91. The van der Waals surface area contributed by atoms with Crippen molar-refractivity contribution in [2.75, 3.05) is 6.54 Å². The molecule has 1 unspecified atom stereocenters. The minimum atomic E-state index is -5.02. The molecule has 0 bridgehead atoms. The smallest absolute Gasteiger partial charge is 0.471 e. The summed E-state index contributed by atoms with van der Waals surface area (Å²) in [4.78, 5) is 20.8. The van der Waals surface area contributed by atoms with Crippen LogP contribution in [0.1, 0.15) is 13.8 Å². The molecule has 5 nitrogen and oxygen atoms in total. The number of amides is 1. The first-order chi connectivity index (χ1) is 6.98. The van der Waals surface area contributed by atoms with Crippen LogP contribution in [0.15, 0.2) is 0 Å². The molecule has 0 saturated heterocycles. The predicted octanol–water partition coefficient (Wildman–Crippen LogP) is 0.137. The molecule has 8 heteroatoms. The standard InChI is InChI=1S/C8H12F3NO4/c1-7(2,4(13)5(14)15)3-12-6(16)8(9,10)11/h4,13H,3H2,1-2H3,(H,12,16)(H,14,15). The maximum absolute atomic E-state index is 11.8. The van der Waals surface area contributed by atoms with Gasteiger partial charge in [-0.2, -0.15) is 13.2 Å². The van der Waals surface area contributed by atoms with Crippen molar-refractivity contribution in [2.24, 2.45) is 5.41 Å². The lowest BCUT2D eigenvalue weighted by Crippen LogP contribution is -2.47. The third-order valence-electron chi connectivity index (χ3n) is 1.94. The van der Waals surface area contributed by atoms with Gasteiger partial charge in [0.1, 0.15) is 0 Å². The lowest BCUT2D eigenvalue weighted by atomic mass is 9.86. The Balaban J connectivity index is 4.41. The van der Waals surface area contributed by atoms with Gasteiger partial charge in [-0.05, 0) is 0 Å². The van der Waals surface area contributed by atoms with Gasteiger partial charge in [0.15, 0.2) is 6.10 Å². The SMILES string of the molecule is CC(C)(CNC(=O)C(F)(F)F)C(O)C(=O)O. The van der Waals surface area contributed by atoms with Gasteiger partial charge in [0.05, 0.1) is 0 Å². The fourth-order valence-electron chi connectivity index (χ4n) is 0.839. The van der Waals surface area contributed by atoms with E-state index in [-0.39, 0.29) is 0 Å². The van der Waals surface area contributed by atoms with Gasteiger partial charge in [0, 0.05) is 12.0 Å². The van der Waals surface area contributed by atoms with Gasteiger partial charge >= 0.3 is 18.1 Å². The second kappa shape index (κ2) is 4.69. The molecule has 94 valence electrons. The Morgan fingerprint density at radius 1 is 1.31 bits per heavy atom. The van der Waals surface area contributed by atoms with Crippen molar-refractivity contribution in [1.29, 1.82) is 0 Å². The molecular weight excluding hydrogens is 231 g/mol. The number of carbonyl (C=O) groups excluding carboxylic acids is 1. The highest BCUT2D eigenvalue weighted by atomic mass is 19.4. The lowest BCUT2D eigenvalue weighted by molar-refractivity contribution is -0.174. The van der Waals surface area contributed by atoms with E-state index in [1.54, 1.807) is 0 Å². The van der Waals surface area contributed by atoms with Gasteiger partial charge < -0.3 is 15.5 Å². The van der Waals surface area contributed by atoms with Gasteiger partial charge in [0.25, 0.3) is 0 Å². The van der Waals surface area contributed by atoms with Crippen LogP contribution in [-0.4, -0.2) is 40.9 Å². The number of hydrogen-bond donors (Lipinski definition) is 3. The van der Waals surface area contributed by atoms with E-state index in [4.69, 9.17) is 10.2 Å². The summed E-state index contributed by atoms with van der Waals surface area (Å²) in [5, 5.41) is 19.1. The van der Waals surface area contributed by atoms with E-state index in [0.29, 0.717) is 0 Å². The highest BCUT2D eigenvalue weighted by molar-refractivity contribution is 5.81. The van der Waals surface area contributed by atoms with Crippen molar-refractivity contribution in [3.63, 3.8) is 0 Å². The zero-order valence-corrected chi connectivity index (χ0v) is 8.63. The summed E-state index contributed by atoms with van der Waals surface area (Å²) in [7, 11) is 0. The van der Waals surface area contributed by atoms with Crippen molar-refractivity contribution >= 4 is 11.9 Å². The molecule has 0 rings (SSSR count). The van der Waals surface area contributed by atoms with E-state index in [1.165, 1.54) is 19.2 Å². The molecule has 0 aromatic carbocycles. The van der Waals surface area contributed by atoms with Crippen molar-refractivity contribution < 1.29 is 33.0 Å². The Morgan fingerprint density at radius 2 is 1.75 bits per heavy atom. The molecule has 3 N–H and O–H groups in total. The number of halogens is 3. The summed E-state index contributed by atoms with van der Waals surface area (Å²) in [6, 6.07) is 0. The van der Waals surface area contributed by atoms with Crippen LogP contribution < -0.4 is 5.32 Å². The number of rotatable bonds is 4. The lowest BCUT2D eigenvalue weighted by Gasteiger charge is -2.27. The van der Waals surface area contributed by atoms with E-state index in [9.17, 15) is 22.8 Å². The first kappa shape index (κ1) is 14.7. The van der Waals surface area contributed by atoms with Crippen LogP contribution >= 0.6 is 0 Å². The Labute approximate surface area is 89.3 Å². The molecule has 0 aromatic heterocycles. The van der Waals surface area contributed by atoms with Crippen LogP contribution in [0.2, 0.25) is 0 Å². The molecule has 0 saturated carbocycles. The largest absolute Gasteiger partial charge is 0.479 e. The summed E-state index contributed by atoms with van der Waals surface area (Å²) in [6.07, 6.45) is -6.88. The van der Waals surface area contributed by atoms with Crippen LogP contribution in [0, 0.1) is 5.41 Å². The molecule has 0 heterocycles. The first-order valence-corrected chi connectivity index (χ1v) is 4.24. The van der Waals surface area contributed by atoms with E-state index >= 15 is 0 Å². The third-order valence-corrected chi connectivity index (χ3v) is 1.94. The zero-order chi connectivity index (χ0) is 13.1. The normalized spacial score (nSPS) is 14.4. The van der Waals surface area contributed by atoms with Crippen molar-refractivity contribution in [3.8, 4) is 0 Å². The molecule has 1 atom stereocenters. The van der Waals surface area contributed by atoms with Gasteiger partial charge in [-0.25, -0.2) is 4.79 Å². The zero-order valence-electron chi connectivity index (χ0n) is 8.63. The molecule has 1 amide bonds. The number of alkyl halides is 3. The molecule has 0 fully saturated rings. The average molecular weight is 243 g/mol. The monoisotopic (exact) mass is 243 g/mol. The van der Waals surface area contributed by atoms with Crippen LogP contribution in [-0.2, 0) is 9.59 Å². The maximum Gasteiger partial charge on any atom is 0.471 e. The minimum absolute atomic E-state index is 0.598. The van der Waals surface area contributed by atoms with E-state index in [0.717, 1.165) is 0 Å². The molecule has 0 aliphatic carbocycles. The number of carboxylic acid groups (broad SMARTS) is 1. The van der Waals surface area contributed by atoms with E-state index in [2.05, 4.69) is 0 Å². The first-order valence-electron chi connectivity index (χ1n) is 4.24. The summed E-state index contributed by atoms with van der Waals surface area (Å²) in [5.41, 5.74) is -1.40. The minimum Gasteiger partial charge on any atom is -0.479 e. The molecule has 0 aliphatic heterocycles. The molecule has 0 aromatic rings. The predicted molar refractivity (Wildman–Crippen MR) is 46.5 cm³/mol. The number of nitrogens with one attached hydrogen (secondary N) is 1. The quantitative estimate of drug-likeness (QED) is 0.655. The van der Waals surface area contributed by atoms with Gasteiger partial charge in [-0.15, -0.1) is 0 Å². The summed E-state index contributed by atoms with van der Waals surface area (Å²) in [5.74, 6) is -3.73. The average Bonchev–Trinajstić information content (AvgIpc) is 2.11. The molecule has 16 heavy (non-hydrogen) atoms. The Hall–Kier alpha value is -1.31. The van der Waals surface area contributed by atoms with Crippen LogP contribution in [0.4, 0.5) is 13.2 Å².